The lowest BCUT2D eigenvalue weighted by molar-refractivity contribution is 0.111. The van der Waals surface area contributed by atoms with Crippen LogP contribution in [0.3, 0.4) is 0 Å². The zero-order chi connectivity index (χ0) is 22.8. The van der Waals surface area contributed by atoms with Crippen LogP contribution in [-0.4, -0.2) is 36.3 Å². The van der Waals surface area contributed by atoms with Gasteiger partial charge < -0.3 is 20.5 Å². The van der Waals surface area contributed by atoms with Crippen LogP contribution in [0.4, 0.5) is 15.9 Å². The maximum absolute atomic E-state index is 13.8. The average molecular weight is 446 g/mol. The number of hydrogen-bond donors (Lipinski definition) is 3. The van der Waals surface area contributed by atoms with Crippen molar-refractivity contribution in [1.82, 2.24) is 9.97 Å². The van der Waals surface area contributed by atoms with Crippen molar-refractivity contribution < 1.29 is 18.7 Å². The first-order chi connectivity index (χ1) is 14.9. The molecule has 10 heteroatoms. The summed E-state index contributed by atoms with van der Waals surface area (Å²) >= 11 is 5.68. The van der Waals surface area contributed by atoms with Crippen molar-refractivity contribution in [3.63, 3.8) is 0 Å². The standard InChI is InChI=1S/C13H9ClFNO2.C8H12N4O/c14-11-3-4-12(13(15)10(11)7-17)18-8-9-2-1-5-16-6-9;1-11-5-3-6(8(10)13-2)7(9)12-4-5/h1-7H,8H2;3-4,10-11H,1-2H3,(H2,9,12). The zero-order valence-electron chi connectivity index (χ0n) is 16.9. The topological polar surface area (TPSA) is 123 Å². The summed E-state index contributed by atoms with van der Waals surface area (Å²) in [6.45, 7) is 0.171. The number of pyridine rings is 2. The van der Waals surface area contributed by atoms with Crippen LogP contribution in [-0.2, 0) is 11.3 Å². The Bertz CT molecular complexity index is 1050. The Morgan fingerprint density at radius 1 is 1.35 bits per heavy atom. The lowest BCUT2D eigenvalue weighted by Gasteiger charge is -2.08. The van der Waals surface area contributed by atoms with Crippen molar-refractivity contribution in [2.24, 2.45) is 0 Å². The molecular weight excluding hydrogens is 425 g/mol. The molecule has 0 aliphatic rings. The lowest BCUT2D eigenvalue weighted by Crippen LogP contribution is -2.08. The molecule has 0 aliphatic heterocycles. The third kappa shape index (κ3) is 6.38. The molecule has 3 rings (SSSR count). The monoisotopic (exact) mass is 445 g/mol. The van der Waals surface area contributed by atoms with E-state index in [0.29, 0.717) is 17.7 Å². The van der Waals surface area contributed by atoms with E-state index in [0.717, 1.165) is 11.3 Å². The van der Waals surface area contributed by atoms with Crippen LogP contribution in [0.25, 0.3) is 0 Å². The van der Waals surface area contributed by atoms with Crippen LogP contribution >= 0.6 is 11.6 Å². The van der Waals surface area contributed by atoms with E-state index in [1.807, 2.05) is 6.07 Å². The Labute approximate surface area is 183 Å². The summed E-state index contributed by atoms with van der Waals surface area (Å²) in [5.41, 5.74) is 7.46. The second-order valence-electron chi connectivity index (χ2n) is 5.98. The number of nitrogen functional groups attached to an aromatic ring is 1. The van der Waals surface area contributed by atoms with Crippen LogP contribution in [0.15, 0.2) is 48.9 Å². The molecule has 0 amide bonds. The molecule has 0 saturated carbocycles. The fraction of sp³-hybridized carbons (Fsp3) is 0.143. The SMILES string of the molecule is CNc1cnc(N)c(C(=N)OC)c1.O=Cc1c(Cl)ccc(OCc2cccnc2)c1F. The molecule has 162 valence electrons. The second-order valence-corrected chi connectivity index (χ2v) is 6.39. The van der Waals surface area contributed by atoms with Crippen LogP contribution in [0, 0.1) is 11.2 Å². The Morgan fingerprint density at radius 2 is 2.13 bits per heavy atom. The first-order valence-corrected chi connectivity index (χ1v) is 9.30. The molecule has 0 radical (unpaired) electrons. The maximum atomic E-state index is 13.8. The number of aldehydes is 1. The molecule has 0 bridgehead atoms. The van der Waals surface area contributed by atoms with E-state index in [1.165, 1.54) is 19.2 Å². The van der Waals surface area contributed by atoms with Gasteiger partial charge in [0.1, 0.15) is 12.4 Å². The third-order valence-corrected chi connectivity index (χ3v) is 4.31. The minimum atomic E-state index is -0.749. The molecule has 0 aliphatic carbocycles. The summed E-state index contributed by atoms with van der Waals surface area (Å²) in [5.74, 6) is -0.445. The normalized spacial score (nSPS) is 9.81. The molecule has 8 nitrogen and oxygen atoms in total. The molecule has 0 saturated heterocycles. The summed E-state index contributed by atoms with van der Waals surface area (Å²) in [6.07, 6.45) is 5.22. The number of halogens is 2. The number of ether oxygens (including phenoxy) is 2. The Kier molecular flexibility index (Phi) is 8.71. The number of carbonyl (C=O) groups excluding carboxylic acids is 1. The Morgan fingerprint density at radius 3 is 2.74 bits per heavy atom. The highest BCUT2D eigenvalue weighted by Crippen LogP contribution is 2.26. The Balaban J connectivity index is 0.000000233. The number of anilines is 2. The highest BCUT2D eigenvalue weighted by Gasteiger charge is 2.13. The Hall–Kier alpha value is -3.72. The van der Waals surface area contributed by atoms with E-state index in [1.54, 1.807) is 37.8 Å². The van der Waals surface area contributed by atoms with Gasteiger partial charge in [-0.3, -0.25) is 15.2 Å². The lowest BCUT2D eigenvalue weighted by atomic mass is 10.2. The fourth-order valence-corrected chi connectivity index (χ4v) is 2.51. The summed E-state index contributed by atoms with van der Waals surface area (Å²) in [5, 5.41) is 10.4. The van der Waals surface area contributed by atoms with Gasteiger partial charge in [0.05, 0.1) is 35.1 Å². The molecule has 2 heterocycles. The molecule has 4 N–H and O–H groups in total. The number of nitrogens with one attached hydrogen (secondary N) is 2. The number of nitrogens with two attached hydrogens (primary N) is 1. The fourth-order valence-electron chi connectivity index (χ4n) is 2.32. The number of rotatable bonds is 6. The van der Waals surface area contributed by atoms with Crippen LogP contribution < -0.4 is 15.8 Å². The largest absolute Gasteiger partial charge is 0.486 e. The summed E-state index contributed by atoms with van der Waals surface area (Å²) in [7, 11) is 3.20. The highest BCUT2D eigenvalue weighted by molar-refractivity contribution is 6.33. The van der Waals surface area contributed by atoms with Crippen LogP contribution in [0.1, 0.15) is 21.5 Å². The number of methoxy groups -OCH3 is 1. The van der Waals surface area contributed by atoms with E-state index in [9.17, 15) is 9.18 Å². The molecule has 3 aromatic rings. The van der Waals surface area contributed by atoms with Gasteiger partial charge in [-0.05, 0) is 24.3 Å². The minimum absolute atomic E-state index is 0.00893. The van der Waals surface area contributed by atoms with E-state index < -0.39 is 5.82 Å². The summed E-state index contributed by atoms with van der Waals surface area (Å²) < 4.78 is 23.8. The van der Waals surface area contributed by atoms with E-state index >= 15 is 0 Å². The second kappa shape index (κ2) is 11.5. The van der Waals surface area contributed by atoms with Gasteiger partial charge in [-0.2, -0.15) is 0 Å². The van der Waals surface area contributed by atoms with Gasteiger partial charge in [-0.25, -0.2) is 9.37 Å². The molecule has 31 heavy (non-hydrogen) atoms. The summed E-state index contributed by atoms with van der Waals surface area (Å²) in [4.78, 5) is 18.5. The minimum Gasteiger partial charge on any atom is -0.486 e. The smallest absolute Gasteiger partial charge is 0.216 e. The highest BCUT2D eigenvalue weighted by atomic mass is 35.5. The zero-order valence-corrected chi connectivity index (χ0v) is 17.6. The molecule has 0 atom stereocenters. The number of benzene rings is 1. The molecule has 1 aromatic carbocycles. The number of carbonyl (C=O) groups is 1. The molecule has 2 aromatic heterocycles. The maximum Gasteiger partial charge on any atom is 0.216 e. The summed E-state index contributed by atoms with van der Waals surface area (Å²) in [6, 6.07) is 8.09. The van der Waals surface area contributed by atoms with Gasteiger partial charge in [0.15, 0.2) is 17.9 Å². The van der Waals surface area contributed by atoms with Crippen molar-refractivity contribution in [3.05, 3.63) is 76.5 Å². The van der Waals surface area contributed by atoms with E-state index in [-0.39, 0.29) is 28.8 Å². The van der Waals surface area contributed by atoms with Gasteiger partial charge in [-0.15, -0.1) is 0 Å². The van der Waals surface area contributed by atoms with E-state index in [2.05, 4.69) is 15.3 Å². The quantitative estimate of drug-likeness (QED) is 0.298. The van der Waals surface area contributed by atoms with Gasteiger partial charge in [0.25, 0.3) is 0 Å². The number of aromatic nitrogens is 2. The predicted octanol–water partition coefficient (Wildman–Crippen LogP) is 3.94. The van der Waals surface area contributed by atoms with Gasteiger partial charge >= 0.3 is 0 Å². The molecular formula is C21H21ClFN5O3. The molecule has 0 fully saturated rings. The van der Waals surface area contributed by atoms with Crippen molar-refractivity contribution in [1.29, 1.82) is 5.41 Å². The number of nitrogens with zero attached hydrogens (tertiary/aromatic N) is 2. The van der Waals surface area contributed by atoms with Gasteiger partial charge in [-0.1, -0.05) is 17.7 Å². The van der Waals surface area contributed by atoms with Crippen LogP contribution in [0.5, 0.6) is 5.75 Å². The van der Waals surface area contributed by atoms with Gasteiger partial charge in [0, 0.05) is 25.0 Å². The third-order valence-electron chi connectivity index (χ3n) is 3.98. The van der Waals surface area contributed by atoms with Crippen molar-refractivity contribution in [3.8, 4) is 5.75 Å². The van der Waals surface area contributed by atoms with Crippen molar-refractivity contribution >= 4 is 35.3 Å². The van der Waals surface area contributed by atoms with Crippen LogP contribution in [0.2, 0.25) is 5.02 Å². The first kappa shape index (κ1) is 23.6. The average Bonchev–Trinajstić information content (AvgIpc) is 2.80. The molecule has 0 unspecified atom stereocenters. The molecule has 0 spiro atoms. The van der Waals surface area contributed by atoms with Crippen molar-refractivity contribution in [2.45, 2.75) is 6.61 Å². The number of hydrogen-bond acceptors (Lipinski definition) is 8. The van der Waals surface area contributed by atoms with E-state index in [4.69, 9.17) is 32.2 Å². The van der Waals surface area contributed by atoms with Crippen molar-refractivity contribution in [2.75, 3.05) is 25.2 Å². The first-order valence-electron chi connectivity index (χ1n) is 8.92. The predicted molar refractivity (Wildman–Crippen MR) is 117 cm³/mol. The van der Waals surface area contributed by atoms with Gasteiger partial charge in [0.2, 0.25) is 5.90 Å².